The molecule has 98 valence electrons. The predicted molar refractivity (Wildman–Crippen MR) is 73.3 cm³/mol. The second kappa shape index (κ2) is 5.61. The Kier molecular flexibility index (Phi) is 3.90. The number of rotatable bonds is 4. The van der Waals surface area contributed by atoms with Crippen LogP contribution in [0, 0.1) is 5.82 Å². The Morgan fingerprint density at radius 2 is 1.95 bits per heavy atom. The van der Waals surface area contributed by atoms with Gasteiger partial charge in [-0.05, 0) is 50.2 Å². The fraction of sp³-hybridized carbons (Fsp3) is 0.200. The summed E-state index contributed by atoms with van der Waals surface area (Å²) in [4.78, 5) is 17.8. The minimum Gasteiger partial charge on any atom is -0.326 e. The highest BCUT2D eigenvalue weighted by Crippen LogP contribution is 2.26. The number of ketones is 1. The summed E-state index contributed by atoms with van der Waals surface area (Å²) in [6.45, 7) is 4.11. The molecule has 1 aromatic carbocycles. The first-order valence-corrected chi connectivity index (χ1v) is 6.12. The molecule has 2 rings (SSSR count). The number of hydrogen-bond donors (Lipinski definition) is 0. The summed E-state index contributed by atoms with van der Waals surface area (Å²) in [6.07, 6.45) is 1.65. The number of halogens is 1. The van der Waals surface area contributed by atoms with Crippen LogP contribution in [-0.4, -0.2) is 17.3 Å². The van der Waals surface area contributed by atoms with E-state index in [-0.39, 0.29) is 11.6 Å². The van der Waals surface area contributed by atoms with Crippen LogP contribution in [0.1, 0.15) is 24.2 Å². The van der Waals surface area contributed by atoms with Gasteiger partial charge in [0.2, 0.25) is 0 Å². The molecule has 2 aromatic rings. The number of carbonyl (C=O) groups excluding carboxylic acids is 1. The Hall–Kier alpha value is -2.23. The number of carbonyl (C=O) groups is 1. The molecule has 0 bridgehead atoms. The van der Waals surface area contributed by atoms with E-state index >= 15 is 0 Å². The van der Waals surface area contributed by atoms with Gasteiger partial charge in [0.15, 0.2) is 5.78 Å². The molecule has 0 fully saturated rings. The number of Topliss-reactive ketones (excluding diaryl/α,β-unsaturated/α-hetero) is 1. The Balaban J connectivity index is 2.48. The number of benzene rings is 1. The minimum absolute atomic E-state index is 0.0383. The van der Waals surface area contributed by atoms with Crippen LogP contribution in [0.5, 0.6) is 0 Å². The Morgan fingerprint density at radius 3 is 2.53 bits per heavy atom. The Labute approximate surface area is 111 Å². The summed E-state index contributed by atoms with van der Waals surface area (Å²) in [5, 5.41) is 0. The smallest absolute Gasteiger partial charge is 0.163 e. The molecule has 0 saturated carbocycles. The molecule has 0 N–H and O–H groups in total. The molecule has 0 spiro atoms. The van der Waals surface area contributed by atoms with E-state index in [9.17, 15) is 9.18 Å². The predicted octanol–water partition coefficient (Wildman–Crippen LogP) is 3.58. The molecule has 4 heteroatoms. The summed E-state index contributed by atoms with van der Waals surface area (Å²) in [5.41, 5.74) is 1.37. The van der Waals surface area contributed by atoms with Crippen molar-refractivity contribution in [2.24, 2.45) is 0 Å². The van der Waals surface area contributed by atoms with Crippen LogP contribution in [0.15, 0.2) is 42.6 Å². The van der Waals surface area contributed by atoms with Gasteiger partial charge in [0.05, 0.1) is 5.56 Å². The van der Waals surface area contributed by atoms with Crippen molar-refractivity contribution in [1.29, 1.82) is 0 Å². The van der Waals surface area contributed by atoms with E-state index in [4.69, 9.17) is 0 Å². The van der Waals surface area contributed by atoms with Crippen molar-refractivity contribution in [3.05, 3.63) is 54.0 Å². The van der Waals surface area contributed by atoms with Gasteiger partial charge in [-0.3, -0.25) is 4.79 Å². The monoisotopic (exact) mass is 258 g/mol. The zero-order valence-corrected chi connectivity index (χ0v) is 10.9. The van der Waals surface area contributed by atoms with Gasteiger partial charge in [-0.2, -0.15) is 0 Å². The molecule has 0 aliphatic carbocycles. The first-order chi connectivity index (χ1) is 9.13. The number of anilines is 2. The molecular formula is C15H15FN2O. The van der Waals surface area contributed by atoms with Gasteiger partial charge < -0.3 is 4.90 Å². The van der Waals surface area contributed by atoms with Gasteiger partial charge in [-0.25, -0.2) is 9.37 Å². The van der Waals surface area contributed by atoms with Crippen molar-refractivity contribution in [1.82, 2.24) is 4.98 Å². The second-order valence-electron chi connectivity index (χ2n) is 4.15. The molecule has 19 heavy (non-hydrogen) atoms. The standard InChI is InChI=1S/C15H15FN2O/c1-3-18(13-8-6-12(16)7-9-13)15-14(11(2)19)5-4-10-17-15/h4-10H,3H2,1-2H3. The van der Waals surface area contributed by atoms with Crippen molar-refractivity contribution in [3.8, 4) is 0 Å². The van der Waals surface area contributed by atoms with Gasteiger partial charge in [0.25, 0.3) is 0 Å². The Morgan fingerprint density at radius 1 is 1.26 bits per heavy atom. The zero-order valence-electron chi connectivity index (χ0n) is 10.9. The average molecular weight is 258 g/mol. The molecule has 0 radical (unpaired) electrons. The molecule has 0 unspecified atom stereocenters. The molecule has 1 aromatic heterocycles. The first kappa shape index (κ1) is 13.2. The third kappa shape index (κ3) is 2.78. The highest BCUT2D eigenvalue weighted by molar-refractivity contribution is 5.99. The zero-order chi connectivity index (χ0) is 13.8. The summed E-state index contributed by atoms with van der Waals surface area (Å²) in [6, 6.07) is 9.63. The molecule has 0 atom stereocenters. The van der Waals surface area contributed by atoms with Crippen LogP contribution in [0.4, 0.5) is 15.9 Å². The third-order valence-electron chi connectivity index (χ3n) is 2.88. The lowest BCUT2D eigenvalue weighted by atomic mass is 10.1. The molecular weight excluding hydrogens is 243 g/mol. The van der Waals surface area contributed by atoms with Crippen LogP contribution in [0.25, 0.3) is 0 Å². The fourth-order valence-electron chi connectivity index (χ4n) is 1.96. The topological polar surface area (TPSA) is 33.2 Å². The maximum atomic E-state index is 13.0. The van der Waals surface area contributed by atoms with Crippen LogP contribution in [0.3, 0.4) is 0 Å². The van der Waals surface area contributed by atoms with E-state index in [2.05, 4.69) is 4.98 Å². The van der Waals surface area contributed by atoms with Crippen molar-refractivity contribution in [2.75, 3.05) is 11.4 Å². The lowest BCUT2D eigenvalue weighted by molar-refractivity contribution is 0.101. The highest BCUT2D eigenvalue weighted by Gasteiger charge is 2.15. The van der Waals surface area contributed by atoms with Crippen molar-refractivity contribution in [2.45, 2.75) is 13.8 Å². The number of pyridine rings is 1. The average Bonchev–Trinajstić information content (AvgIpc) is 2.42. The summed E-state index contributed by atoms with van der Waals surface area (Å²) in [5.74, 6) is 0.278. The van der Waals surface area contributed by atoms with E-state index in [1.807, 2.05) is 11.8 Å². The molecule has 0 aliphatic rings. The normalized spacial score (nSPS) is 10.3. The SMILES string of the molecule is CCN(c1ccc(F)cc1)c1ncccc1C(C)=O. The molecule has 0 aliphatic heterocycles. The van der Waals surface area contributed by atoms with E-state index in [1.54, 1.807) is 30.5 Å². The maximum Gasteiger partial charge on any atom is 0.163 e. The number of nitrogens with zero attached hydrogens (tertiary/aromatic N) is 2. The Bertz CT molecular complexity index is 581. The lowest BCUT2D eigenvalue weighted by Gasteiger charge is -2.23. The van der Waals surface area contributed by atoms with Gasteiger partial charge in [0, 0.05) is 18.4 Å². The largest absolute Gasteiger partial charge is 0.326 e. The fourth-order valence-corrected chi connectivity index (χ4v) is 1.96. The van der Waals surface area contributed by atoms with E-state index in [1.165, 1.54) is 19.1 Å². The number of aromatic nitrogens is 1. The van der Waals surface area contributed by atoms with Crippen LogP contribution in [0.2, 0.25) is 0 Å². The lowest BCUT2D eigenvalue weighted by Crippen LogP contribution is -2.20. The van der Waals surface area contributed by atoms with Crippen LogP contribution < -0.4 is 4.90 Å². The summed E-state index contributed by atoms with van der Waals surface area (Å²) in [7, 11) is 0. The van der Waals surface area contributed by atoms with Crippen molar-refractivity contribution >= 4 is 17.3 Å². The molecule has 1 heterocycles. The van der Waals surface area contributed by atoms with Crippen molar-refractivity contribution < 1.29 is 9.18 Å². The first-order valence-electron chi connectivity index (χ1n) is 6.12. The summed E-state index contributed by atoms with van der Waals surface area (Å²) >= 11 is 0. The van der Waals surface area contributed by atoms with E-state index < -0.39 is 0 Å². The van der Waals surface area contributed by atoms with Crippen LogP contribution in [-0.2, 0) is 0 Å². The number of hydrogen-bond acceptors (Lipinski definition) is 3. The van der Waals surface area contributed by atoms with Gasteiger partial charge in [-0.1, -0.05) is 0 Å². The highest BCUT2D eigenvalue weighted by atomic mass is 19.1. The molecule has 0 saturated heterocycles. The van der Waals surface area contributed by atoms with Crippen LogP contribution >= 0.6 is 0 Å². The van der Waals surface area contributed by atoms with E-state index in [0.717, 1.165) is 5.69 Å². The molecule has 3 nitrogen and oxygen atoms in total. The van der Waals surface area contributed by atoms with Gasteiger partial charge >= 0.3 is 0 Å². The molecule has 0 amide bonds. The summed E-state index contributed by atoms with van der Waals surface area (Å²) < 4.78 is 13.0. The maximum absolute atomic E-state index is 13.0. The quantitative estimate of drug-likeness (QED) is 0.786. The van der Waals surface area contributed by atoms with E-state index in [0.29, 0.717) is 17.9 Å². The third-order valence-corrected chi connectivity index (χ3v) is 2.88. The minimum atomic E-state index is -0.285. The second-order valence-corrected chi connectivity index (χ2v) is 4.15. The van der Waals surface area contributed by atoms with Gasteiger partial charge in [-0.15, -0.1) is 0 Å². The van der Waals surface area contributed by atoms with Crippen molar-refractivity contribution in [3.63, 3.8) is 0 Å². The van der Waals surface area contributed by atoms with Gasteiger partial charge in [0.1, 0.15) is 11.6 Å².